The number of anilines is 1. The summed E-state index contributed by atoms with van der Waals surface area (Å²) in [6.45, 7) is 4.86. The number of Topliss-reactive ketones (excluding diaryl/α,β-unsaturated/α-hetero) is 4. The summed E-state index contributed by atoms with van der Waals surface area (Å²) in [6.07, 6.45) is -1.71. The zero-order valence-corrected chi connectivity index (χ0v) is 22.7. The molecule has 1 aromatic rings. The highest BCUT2D eigenvalue weighted by Crippen LogP contribution is 2.55. The summed E-state index contributed by atoms with van der Waals surface area (Å²) >= 11 is 0. The highest BCUT2D eigenvalue weighted by Gasteiger charge is 2.72. The Labute approximate surface area is 229 Å². The van der Waals surface area contributed by atoms with Crippen molar-refractivity contribution in [2.75, 3.05) is 26.0 Å². The average molecular weight is 560 g/mol. The molecule has 0 bridgehead atoms. The number of phenols is 1. The first-order chi connectivity index (χ1) is 18.6. The predicted octanol–water partition coefficient (Wildman–Crippen LogP) is -1.24. The van der Waals surface area contributed by atoms with Crippen molar-refractivity contribution in [1.29, 1.82) is 0 Å². The number of esters is 1. The van der Waals surface area contributed by atoms with Crippen molar-refractivity contribution in [2.45, 2.75) is 50.5 Å². The minimum atomic E-state index is -3.07. The van der Waals surface area contributed by atoms with E-state index in [9.17, 15) is 44.1 Å². The third-order valence-electron chi connectivity index (χ3n) is 8.50. The van der Waals surface area contributed by atoms with E-state index >= 15 is 0 Å². The first-order valence-electron chi connectivity index (χ1n) is 12.9. The predicted molar refractivity (Wildman–Crippen MR) is 137 cm³/mol. The van der Waals surface area contributed by atoms with Crippen LogP contribution in [0.1, 0.15) is 42.6 Å². The molecule has 40 heavy (non-hydrogen) atoms. The lowest BCUT2D eigenvalue weighted by Crippen LogP contribution is -2.77. The Kier molecular flexibility index (Phi) is 7.37. The normalized spacial score (nSPS) is 34.0. The molecule has 3 aliphatic carbocycles. The molecule has 13 nitrogen and oxygen atoms in total. The highest BCUT2D eigenvalue weighted by atomic mass is 16.5. The topological polar surface area (TPSA) is 214 Å². The van der Waals surface area contributed by atoms with Crippen molar-refractivity contribution >= 4 is 40.7 Å². The molecular formula is C27H33N3O10. The standard InChI is InChI=1S/C27H33N3O10/c1-6-40-26(38)10(3)29-12-8-7-11-9(2)13-15(20(32)14(11)19(12)31)23(35)27(39)17(21(13)33)18(30(4)5)22(34)16(24(27)36)25(28)37/h7-10,13,15-18,21,29,31,33,39H,6H2,1-5H3,(H2,28,37)/t9-,10?,13+,15?,16?,17+,18-,21-,27-/m1/s1. The number of hydrogen-bond donors (Lipinski definition) is 5. The van der Waals surface area contributed by atoms with E-state index in [1.54, 1.807) is 13.8 Å². The SMILES string of the molecule is CCOC(=O)C(C)Nc1ccc2c(c1O)C(=O)C1C(=O)[C@@]3(O)C(=O)C(C(N)=O)C(=O)[C@H](N(C)C)[C@H]3[C@H](O)[C@H]1[C@@H]2C. The number of primary amides is 1. The van der Waals surface area contributed by atoms with Gasteiger partial charge in [0.2, 0.25) is 5.91 Å². The summed E-state index contributed by atoms with van der Waals surface area (Å²) < 4.78 is 4.95. The maximum atomic E-state index is 14.0. The van der Waals surface area contributed by atoms with E-state index in [1.807, 2.05) is 0 Å². The van der Waals surface area contributed by atoms with Crippen molar-refractivity contribution < 1.29 is 48.8 Å². The van der Waals surface area contributed by atoms with Crippen LogP contribution in [0.25, 0.3) is 0 Å². The molecule has 2 saturated carbocycles. The number of carbonyl (C=O) groups is 6. The van der Waals surface area contributed by atoms with Gasteiger partial charge in [-0.15, -0.1) is 0 Å². The minimum absolute atomic E-state index is 0.000461. The van der Waals surface area contributed by atoms with Crippen LogP contribution in [0.2, 0.25) is 0 Å². The van der Waals surface area contributed by atoms with Gasteiger partial charge in [-0.05, 0) is 45.5 Å². The summed E-state index contributed by atoms with van der Waals surface area (Å²) in [5.41, 5.74) is 2.26. The second kappa shape index (κ2) is 10.1. The molecule has 0 aromatic heterocycles. The smallest absolute Gasteiger partial charge is 0.328 e. The zero-order chi connectivity index (χ0) is 30.0. The number of benzene rings is 1. The van der Waals surface area contributed by atoms with E-state index in [1.165, 1.54) is 38.1 Å². The number of hydrogen-bond acceptors (Lipinski definition) is 12. The second-order valence-electron chi connectivity index (χ2n) is 10.9. The monoisotopic (exact) mass is 559 g/mol. The lowest BCUT2D eigenvalue weighted by atomic mass is 9.49. The largest absolute Gasteiger partial charge is 0.505 e. The van der Waals surface area contributed by atoms with Gasteiger partial charge in [0.25, 0.3) is 0 Å². The molecule has 6 N–H and O–H groups in total. The number of ketones is 4. The van der Waals surface area contributed by atoms with Gasteiger partial charge in [-0.2, -0.15) is 0 Å². The van der Waals surface area contributed by atoms with Gasteiger partial charge in [0.15, 0.2) is 34.7 Å². The maximum absolute atomic E-state index is 14.0. The van der Waals surface area contributed by atoms with Crippen LogP contribution in [0.5, 0.6) is 5.75 Å². The van der Waals surface area contributed by atoms with Gasteiger partial charge in [-0.1, -0.05) is 13.0 Å². The lowest BCUT2D eigenvalue weighted by molar-refractivity contribution is -0.196. The Balaban J connectivity index is 1.85. The highest BCUT2D eigenvalue weighted by molar-refractivity contribution is 6.32. The van der Waals surface area contributed by atoms with Gasteiger partial charge in [-0.25, -0.2) is 4.79 Å². The Morgan fingerprint density at radius 3 is 2.35 bits per heavy atom. The fourth-order valence-corrected chi connectivity index (χ4v) is 6.67. The Morgan fingerprint density at radius 2 is 1.80 bits per heavy atom. The summed E-state index contributed by atoms with van der Waals surface area (Å²) in [7, 11) is 2.85. The van der Waals surface area contributed by atoms with Crippen LogP contribution < -0.4 is 11.1 Å². The third kappa shape index (κ3) is 3.94. The molecule has 9 atom stereocenters. The molecule has 3 aliphatic rings. The average Bonchev–Trinajstić information content (AvgIpc) is 2.87. The van der Waals surface area contributed by atoms with Crippen LogP contribution in [-0.2, 0) is 28.7 Å². The number of likely N-dealkylation sites (N-methyl/N-ethyl adjacent to an activating group) is 1. The molecule has 4 rings (SSSR count). The number of nitrogens with zero attached hydrogens (tertiary/aromatic N) is 1. The van der Waals surface area contributed by atoms with Gasteiger partial charge in [-0.3, -0.25) is 28.9 Å². The molecule has 1 aromatic carbocycles. The molecule has 13 heteroatoms. The van der Waals surface area contributed by atoms with E-state index in [0.29, 0.717) is 5.56 Å². The minimum Gasteiger partial charge on any atom is -0.505 e. The number of fused-ring (bicyclic) bond motifs is 3. The lowest BCUT2D eigenvalue weighted by Gasteiger charge is -2.56. The Morgan fingerprint density at radius 1 is 1.18 bits per heavy atom. The van der Waals surface area contributed by atoms with E-state index in [4.69, 9.17) is 10.5 Å². The van der Waals surface area contributed by atoms with E-state index in [2.05, 4.69) is 5.32 Å². The number of ether oxygens (including phenoxy) is 1. The van der Waals surface area contributed by atoms with Gasteiger partial charge in [0.1, 0.15) is 11.8 Å². The molecule has 2 fully saturated rings. The summed E-state index contributed by atoms with van der Waals surface area (Å²) in [4.78, 5) is 79.9. The summed E-state index contributed by atoms with van der Waals surface area (Å²) in [5.74, 6) is -14.7. The van der Waals surface area contributed by atoms with Gasteiger partial charge >= 0.3 is 5.97 Å². The number of nitrogens with one attached hydrogen (secondary N) is 1. The number of carbonyl (C=O) groups excluding carboxylic acids is 6. The molecule has 0 spiro atoms. The molecule has 1 amide bonds. The number of amides is 1. The van der Waals surface area contributed by atoms with Crippen molar-refractivity contribution in [1.82, 2.24) is 4.90 Å². The van der Waals surface area contributed by atoms with E-state index < -0.39 is 94.1 Å². The summed E-state index contributed by atoms with van der Waals surface area (Å²) in [6, 6.07) is 0.608. The van der Waals surface area contributed by atoms with Crippen LogP contribution in [0.15, 0.2) is 12.1 Å². The number of aliphatic hydroxyl groups is 2. The van der Waals surface area contributed by atoms with Gasteiger partial charge in [0, 0.05) is 5.92 Å². The van der Waals surface area contributed by atoms with Crippen LogP contribution in [0.4, 0.5) is 5.69 Å². The number of nitrogens with two attached hydrogens (primary N) is 1. The molecule has 0 heterocycles. The zero-order valence-electron chi connectivity index (χ0n) is 22.7. The number of phenolic OH excluding ortho intramolecular Hbond substituents is 1. The number of aromatic hydroxyl groups is 1. The van der Waals surface area contributed by atoms with Crippen molar-refractivity contribution in [3.63, 3.8) is 0 Å². The van der Waals surface area contributed by atoms with Crippen molar-refractivity contribution in [3.8, 4) is 5.75 Å². The molecule has 3 unspecified atom stereocenters. The molecule has 216 valence electrons. The molecule has 0 radical (unpaired) electrons. The molecule has 0 saturated heterocycles. The Bertz CT molecular complexity index is 1330. The summed E-state index contributed by atoms with van der Waals surface area (Å²) in [5, 5.41) is 37.1. The van der Waals surface area contributed by atoms with Gasteiger partial charge < -0.3 is 31.1 Å². The second-order valence-corrected chi connectivity index (χ2v) is 10.9. The van der Waals surface area contributed by atoms with Crippen molar-refractivity contribution in [2.24, 2.45) is 29.4 Å². The third-order valence-corrected chi connectivity index (χ3v) is 8.50. The first-order valence-corrected chi connectivity index (χ1v) is 12.9. The Hall–Kier alpha value is -3.68. The maximum Gasteiger partial charge on any atom is 0.328 e. The van der Waals surface area contributed by atoms with E-state index in [-0.39, 0.29) is 17.9 Å². The first kappa shape index (κ1) is 29.3. The quantitative estimate of drug-likeness (QED) is 0.157. The van der Waals surface area contributed by atoms with Crippen molar-refractivity contribution in [3.05, 3.63) is 23.3 Å². The molecular weight excluding hydrogens is 526 g/mol. The van der Waals surface area contributed by atoms with E-state index in [0.717, 1.165) is 0 Å². The fourth-order valence-electron chi connectivity index (χ4n) is 6.67. The molecule has 0 aliphatic heterocycles. The fraction of sp³-hybridized carbons (Fsp3) is 0.556. The van der Waals surface area contributed by atoms with Crippen LogP contribution in [0.3, 0.4) is 0 Å². The van der Waals surface area contributed by atoms with Crippen LogP contribution in [0, 0.1) is 23.7 Å². The van der Waals surface area contributed by atoms with Crippen LogP contribution >= 0.6 is 0 Å². The number of rotatable bonds is 6. The van der Waals surface area contributed by atoms with Gasteiger partial charge in [0.05, 0.1) is 41.8 Å². The number of aliphatic hydroxyl groups excluding tert-OH is 1. The van der Waals surface area contributed by atoms with Crippen LogP contribution in [-0.4, -0.2) is 99.7 Å².